The molecule has 0 aromatic carbocycles. The van der Waals surface area contributed by atoms with Gasteiger partial charge in [-0.25, -0.2) is 4.98 Å². The molecule has 0 radical (unpaired) electrons. The van der Waals surface area contributed by atoms with E-state index in [-0.39, 0.29) is 11.7 Å². The fourth-order valence-corrected chi connectivity index (χ4v) is 1.63. The highest BCUT2D eigenvalue weighted by Gasteiger charge is 2.13. The first-order valence-electron chi connectivity index (χ1n) is 5.45. The Bertz CT molecular complexity index is 553. The number of nitrogens with zero attached hydrogens (tertiary/aromatic N) is 3. The number of pyridine rings is 1. The van der Waals surface area contributed by atoms with Gasteiger partial charge in [0.15, 0.2) is 0 Å². The third-order valence-electron chi connectivity index (χ3n) is 2.64. The van der Waals surface area contributed by atoms with Gasteiger partial charge in [-0.15, -0.1) is 0 Å². The molecule has 94 valence electrons. The van der Waals surface area contributed by atoms with Crippen LogP contribution in [0.25, 0.3) is 0 Å². The van der Waals surface area contributed by atoms with E-state index in [1.54, 1.807) is 25.4 Å². The predicted octanol–water partition coefficient (Wildman–Crippen LogP) is 2.19. The van der Waals surface area contributed by atoms with Crippen LogP contribution < -0.4 is 5.32 Å². The largest absolute Gasteiger partial charge is 0.363 e. The summed E-state index contributed by atoms with van der Waals surface area (Å²) in [6.07, 6.45) is 3.51. The van der Waals surface area contributed by atoms with Crippen LogP contribution in [0.5, 0.6) is 0 Å². The number of aryl methyl sites for hydroxylation is 1. The summed E-state index contributed by atoms with van der Waals surface area (Å²) in [6.45, 7) is 3.58. The van der Waals surface area contributed by atoms with Crippen LogP contribution in [0.2, 0.25) is 0 Å². The number of hydrogen-bond acceptors (Lipinski definition) is 5. The summed E-state index contributed by atoms with van der Waals surface area (Å²) in [4.78, 5) is 14.4. The van der Waals surface area contributed by atoms with Gasteiger partial charge in [-0.3, -0.25) is 15.2 Å². The number of aromatic nitrogens is 3. The number of H-pyrrole nitrogens is 1. The van der Waals surface area contributed by atoms with Crippen molar-refractivity contribution in [3.8, 4) is 0 Å². The van der Waals surface area contributed by atoms with Gasteiger partial charge in [0.25, 0.3) is 5.69 Å². The average Bonchev–Trinajstić information content (AvgIpc) is 2.81. The maximum atomic E-state index is 10.7. The standard InChI is InChI=1S/C11H13N5O2/c1-7(9-5-12-13-6-9)14-11-4-3-10(16(17)18)8(2)15-11/h3-7H,1-2H3,(H,12,13)(H,14,15). The number of nitro groups is 1. The lowest BCUT2D eigenvalue weighted by Gasteiger charge is -2.12. The molecule has 2 N–H and O–H groups in total. The van der Waals surface area contributed by atoms with Crippen LogP contribution in [-0.4, -0.2) is 20.1 Å². The highest BCUT2D eigenvalue weighted by Crippen LogP contribution is 2.21. The smallest absolute Gasteiger partial charge is 0.290 e. The van der Waals surface area contributed by atoms with Crippen molar-refractivity contribution in [1.82, 2.24) is 15.2 Å². The van der Waals surface area contributed by atoms with E-state index < -0.39 is 4.92 Å². The number of hydrogen-bond donors (Lipinski definition) is 2. The van der Waals surface area contributed by atoms with Gasteiger partial charge in [0, 0.05) is 17.8 Å². The van der Waals surface area contributed by atoms with Gasteiger partial charge >= 0.3 is 0 Å². The Labute approximate surface area is 103 Å². The van der Waals surface area contributed by atoms with Gasteiger partial charge in [-0.2, -0.15) is 5.10 Å². The average molecular weight is 247 g/mol. The molecular weight excluding hydrogens is 234 g/mol. The molecule has 18 heavy (non-hydrogen) atoms. The van der Waals surface area contributed by atoms with Gasteiger partial charge in [0.05, 0.1) is 17.2 Å². The highest BCUT2D eigenvalue weighted by molar-refractivity contribution is 5.45. The van der Waals surface area contributed by atoms with E-state index in [2.05, 4.69) is 20.5 Å². The van der Waals surface area contributed by atoms with E-state index in [1.807, 2.05) is 6.92 Å². The van der Waals surface area contributed by atoms with Crippen LogP contribution in [0.4, 0.5) is 11.5 Å². The first-order valence-corrected chi connectivity index (χ1v) is 5.45. The molecule has 0 bridgehead atoms. The lowest BCUT2D eigenvalue weighted by atomic mass is 10.2. The van der Waals surface area contributed by atoms with E-state index in [4.69, 9.17) is 0 Å². The Hall–Kier alpha value is -2.44. The van der Waals surface area contributed by atoms with E-state index >= 15 is 0 Å². The minimum Gasteiger partial charge on any atom is -0.363 e. The molecule has 0 fully saturated rings. The van der Waals surface area contributed by atoms with Crippen LogP contribution in [0.1, 0.15) is 24.2 Å². The summed E-state index contributed by atoms with van der Waals surface area (Å²) in [5.41, 5.74) is 1.41. The Morgan fingerprint density at radius 1 is 1.50 bits per heavy atom. The van der Waals surface area contributed by atoms with E-state index in [0.717, 1.165) is 5.56 Å². The van der Waals surface area contributed by atoms with Gasteiger partial charge in [0.2, 0.25) is 0 Å². The Kier molecular flexibility index (Phi) is 3.22. The van der Waals surface area contributed by atoms with Gasteiger partial charge < -0.3 is 5.32 Å². The Balaban J connectivity index is 2.15. The molecule has 7 nitrogen and oxygen atoms in total. The van der Waals surface area contributed by atoms with E-state index in [9.17, 15) is 10.1 Å². The third kappa shape index (κ3) is 2.45. The quantitative estimate of drug-likeness (QED) is 0.637. The van der Waals surface area contributed by atoms with Crippen molar-refractivity contribution in [1.29, 1.82) is 0 Å². The molecule has 0 saturated heterocycles. The summed E-state index contributed by atoms with van der Waals surface area (Å²) in [5.74, 6) is 0.604. The molecule has 0 aliphatic carbocycles. The van der Waals surface area contributed by atoms with Crippen molar-refractivity contribution in [2.75, 3.05) is 5.32 Å². The minimum absolute atomic E-state index is 0.0246. The van der Waals surface area contributed by atoms with Crippen LogP contribution >= 0.6 is 0 Å². The summed E-state index contributed by atoms with van der Waals surface area (Å²) in [6, 6.07) is 3.08. The molecule has 1 atom stereocenters. The molecule has 7 heteroatoms. The minimum atomic E-state index is -0.439. The lowest BCUT2D eigenvalue weighted by molar-refractivity contribution is -0.385. The molecule has 0 saturated carbocycles. The summed E-state index contributed by atoms with van der Waals surface area (Å²) in [7, 11) is 0. The number of nitrogens with one attached hydrogen (secondary N) is 2. The summed E-state index contributed by atoms with van der Waals surface area (Å²) in [5, 5.41) is 20.4. The fraction of sp³-hybridized carbons (Fsp3) is 0.273. The van der Waals surface area contributed by atoms with E-state index in [1.165, 1.54) is 6.07 Å². The summed E-state index contributed by atoms with van der Waals surface area (Å²) >= 11 is 0. The van der Waals surface area contributed by atoms with Gasteiger partial charge in [-0.1, -0.05) is 0 Å². The van der Waals surface area contributed by atoms with Gasteiger partial charge in [-0.05, 0) is 19.9 Å². The van der Waals surface area contributed by atoms with Crippen molar-refractivity contribution >= 4 is 11.5 Å². The molecule has 2 aromatic rings. The Morgan fingerprint density at radius 3 is 2.83 bits per heavy atom. The Morgan fingerprint density at radius 2 is 2.28 bits per heavy atom. The van der Waals surface area contributed by atoms with Crippen molar-refractivity contribution in [2.24, 2.45) is 0 Å². The molecule has 2 aromatic heterocycles. The molecule has 2 rings (SSSR count). The van der Waals surface area contributed by atoms with Crippen LogP contribution in [0.15, 0.2) is 24.5 Å². The first-order chi connectivity index (χ1) is 8.58. The second-order valence-corrected chi connectivity index (χ2v) is 3.96. The SMILES string of the molecule is Cc1nc(NC(C)c2cn[nH]c2)ccc1[N+](=O)[O-]. The van der Waals surface area contributed by atoms with Crippen molar-refractivity contribution in [3.05, 3.63) is 45.9 Å². The zero-order valence-corrected chi connectivity index (χ0v) is 10.0. The maximum absolute atomic E-state index is 10.7. The maximum Gasteiger partial charge on any atom is 0.290 e. The van der Waals surface area contributed by atoms with Gasteiger partial charge in [0.1, 0.15) is 11.5 Å². The number of aromatic amines is 1. The normalized spacial score (nSPS) is 12.1. The monoisotopic (exact) mass is 247 g/mol. The first kappa shape index (κ1) is 12.0. The van der Waals surface area contributed by atoms with Crippen LogP contribution in [-0.2, 0) is 0 Å². The van der Waals surface area contributed by atoms with Crippen LogP contribution in [0, 0.1) is 17.0 Å². The molecule has 2 heterocycles. The lowest BCUT2D eigenvalue weighted by Crippen LogP contribution is -2.08. The van der Waals surface area contributed by atoms with E-state index in [0.29, 0.717) is 11.5 Å². The highest BCUT2D eigenvalue weighted by atomic mass is 16.6. The number of anilines is 1. The topological polar surface area (TPSA) is 96.7 Å². The van der Waals surface area contributed by atoms with Crippen LogP contribution in [0.3, 0.4) is 0 Å². The summed E-state index contributed by atoms with van der Waals surface area (Å²) < 4.78 is 0. The molecule has 1 unspecified atom stereocenters. The number of rotatable bonds is 4. The molecular formula is C11H13N5O2. The second-order valence-electron chi connectivity index (χ2n) is 3.96. The molecule has 0 spiro atoms. The zero-order valence-electron chi connectivity index (χ0n) is 10.0. The van der Waals surface area contributed by atoms with Crippen molar-refractivity contribution in [2.45, 2.75) is 19.9 Å². The second kappa shape index (κ2) is 4.82. The zero-order chi connectivity index (χ0) is 13.1. The van der Waals surface area contributed by atoms with Crippen molar-refractivity contribution < 1.29 is 4.92 Å². The fourth-order valence-electron chi connectivity index (χ4n) is 1.63. The molecule has 0 aliphatic rings. The van der Waals surface area contributed by atoms with Crippen molar-refractivity contribution in [3.63, 3.8) is 0 Å². The third-order valence-corrected chi connectivity index (χ3v) is 2.64. The predicted molar refractivity (Wildman–Crippen MR) is 66.3 cm³/mol. The molecule has 0 aliphatic heterocycles. The molecule has 0 amide bonds.